The van der Waals surface area contributed by atoms with Crippen LogP contribution in [0.2, 0.25) is 0 Å². The van der Waals surface area contributed by atoms with Crippen LogP contribution in [-0.4, -0.2) is 16.7 Å². The highest BCUT2D eigenvalue weighted by Gasteiger charge is 2.26. The Hall–Kier alpha value is -1.09. The van der Waals surface area contributed by atoms with Crippen LogP contribution in [0, 0.1) is 0 Å². The zero-order valence-corrected chi connectivity index (χ0v) is 8.04. The highest BCUT2D eigenvalue weighted by Crippen LogP contribution is 2.24. The molecule has 0 bridgehead atoms. The van der Waals surface area contributed by atoms with E-state index in [0.29, 0.717) is 5.71 Å². The Bertz CT molecular complexity index is 358. The van der Waals surface area contributed by atoms with Gasteiger partial charge in [0.25, 0.3) is 0 Å². The topological polar surface area (TPSA) is 29.4 Å². The van der Waals surface area contributed by atoms with Crippen molar-refractivity contribution in [1.29, 1.82) is 0 Å². The number of nitrogens with zero attached hydrogens (tertiary/aromatic N) is 1. The van der Waals surface area contributed by atoms with Crippen LogP contribution in [-0.2, 0) is 4.79 Å². The van der Waals surface area contributed by atoms with Crippen LogP contribution < -0.4 is 0 Å². The van der Waals surface area contributed by atoms with E-state index >= 15 is 0 Å². The molecule has 13 heavy (non-hydrogen) atoms. The third-order valence-electron chi connectivity index (χ3n) is 1.95. The van der Waals surface area contributed by atoms with Gasteiger partial charge in [-0.2, -0.15) is 0 Å². The van der Waals surface area contributed by atoms with Crippen molar-refractivity contribution in [3.05, 3.63) is 35.9 Å². The number of benzene rings is 1. The molecule has 1 atom stereocenters. The van der Waals surface area contributed by atoms with Gasteiger partial charge in [-0.3, -0.25) is 4.79 Å². The number of Topliss-reactive ketones (excluding diaryl/α,β-unsaturated/α-hetero) is 1. The molecule has 0 aromatic heterocycles. The lowest BCUT2D eigenvalue weighted by molar-refractivity contribution is -0.112. The van der Waals surface area contributed by atoms with Gasteiger partial charge in [-0.25, -0.2) is 4.40 Å². The minimum atomic E-state index is -0.0183. The van der Waals surface area contributed by atoms with Gasteiger partial charge in [0.05, 0.1) is 5.25 Å². The second-order valence-corrected chi connectivity index (χ2v) is 4.02. The summed E-state index contributed by atoms with van der Waals surface area (Å²) in [5, 5.41) is -0.0183. The van der Waals surface area contributed by atoms with Crippen LogP contribution in [0.3, 0.4) is 0 Å². The van der Waals surface area contributed by atoms with Gasteiger partial charge in [0.2, 0.25) is 0 Å². The predicted octanol–water partition coefficient (Wildman–Crippen LogP) is 2.10. The number of carbonyl (C=O) groups excluding carboxylic acids is 1. The first-order valence-electron chi connectivity index (χ1n) is 4.12. The molecule has 0 saturated heterocycles. The molecule has 1 aliphatic heterocycles. The van der Waals surface area contributed by atoms with Crippen molar-refractivity contribution < 1.29 is 4.79 Å². The number of hydrogen-bond acceptors (Lipinski definition) is 3. The fourth-order valence-corrected chi connectivity index (χ4v) is 1.87. The summed E-state index contributed by atoms with van der Waals surface area (Å²) in [5.74, 6) is 0.135. The molecule has 0 spiro atoms. The molecular formula is C10H9NOS. The van der Waals surface area contributed by atoms with Gasteiger partial charge in [0, 0.05) is 5.56 Å². The predicted molar refractivity (Wildman–Crippen MR) is 55.0 cm³/mol. The molecule has 1 aromatic rings. The summed E-state index contributed by atoms with van der Waals surface area (Å²) < 4.78 is 4.15. The molecule has 0 aliphatic carbocycles. The largest absolute Gasteiger partial charge is 0.291 e. The van der Waals surface area contributed by atoms with Gasteiger partial charge in [-0.05, 0) is 18.9 Å². The average Bonchev–Trinajstić information content (AvgIpc) is 2.49. The molecule has 0 saturated carbocycles. The van der Waals surface area contributed by atoms with E-state index in [4.69, 9.17) is 0 Å². The van der Waals surface area contributed by atoms with Crippen LogP contribution in [0.25, 0.3) is 0 Å². The molecule has 1 aromatic carbocycles. The van der Waals surface area contributed by atoms with Crippen molar-refractivity contribution in [2.24, 2.45) is 4.40 Å². The molecule has 0 N–H and O–H groups in total. The van der Waals surface area contributed by atoms with Gasteiger partial charge in [0.1, 0.15) is 5.71 Å². The van der Waals surface area contributed by atoms with E-state index in [0.717, 1.165) is 5.56 Å². The first-order chi connectivity index (χ1) is 6.29. The van der Waals surface area contributed by atoms with Crippen LogP contribution in [0.15, 0.2) is 34.7 Å². The second kappa shape index (κ2) is 3.34. The summed E-state index contributed by atoms with van der Waals surface area (Å²) in [6, 6.07) is 9.59. The lowest BCUT2D eigenvalue weighted by Crippen LogP contribution is -2.18. The molecule has 2 nitrogen and oxygen atoms in total. The van der Waals surface area contributed by atoms with Gasteiger partial charge in [-0.1, -0.05) is 30.3 Å². The minimum Gasteiger partial charge on any atom is -0.291 e. The maximum absolute atomic E-state index is 11.6. The monoisotopic (exact) mass is 191 g/mol. The van der Waals surface area contributed by atoms with Crippen molar-refractivity contribution in [2.75, 3.05) is 0 Å². The number of hydrogen-bond donors (Lipinski definition) is 0. The number of rotatable bonds is 1. The Morgan fingerprint density at radius 2 is 2.00 bits per heavy atom. The fraction of sp³-hybridized carbons (Fsp3) is 0.200. The zero-order chi connectivity index (χ0) is 9.26. The number of ketones is 1. The lowest BCUT2D eigenvalue weighted by Gasteiger charge is -1.98. The van der Waals surface area contributed by atoms with Crippen LogP contribution in [0.1, 0.15) is 12.5 Å². The lowest BCUT2D eigenvalue weighted by atomic mass is 10.1. The number of carbonyl (C=O) groups is 1. The SMILES string of the molecule is CC1SN=C(c2ccccc2)C1=O. The third kappa shape index (κ3) is 1.52. The van der Waals surface area contributed by atoms with Crippen molar-refractivity contribution >= 4 is 23.4 Å². The Morgan fingerprint density at radius 1 is 1.31 bits per heavy atom. The summed E-state index contributed by atoms with van der Waals surface area (Å²) in [4.78, 5) is 11.6. The van der Waals surface area contributed by atoms with Crippen LogP contribution in [0.5, 0.6) is 0 Å². The zero-order valence-electron chi connectivity index (χ0n) is 7.23. The molecular weight excluding hydrogens is 182 g/mol. The maximum Gasteiger partial charge on any atom is 0.196 e. The van der Waals surface area contributed by atoms with Gasteiger partial charge in [-0.15, -0.1) is 0 Å². The summed E-state index contributed by atoms with van der Waals surface area (Å²) >= 11 is 1.35. The molecule has 1 unspecified atom stereocenters. The van der Waals surface area contributed by atoms with Crippen molar-refractivity contribution in [3.8, 4) is 0 Å². The molecule has 0 radical (unpaired) electrons. The second-order valence-electron chi connectivity index (χ2n) is 2.92. The average molecular weight is 191 g/mol. The standard InChI is InChI=1S/C10H9NOS/c1-7-10(12)9(11-13-7)8-5-3-2-4-6-8/h2-7H,1H3. The quantitative estimate of drug-likeness (QED) is 0.636. The molecule has 2 rings (SSSR count). The van der Waals surface area contributed by atoms with E-state index in [-0.39, 0.29) is 11.0 Å². The van der Waals surface area contributed by atoms with E-state index < -0.39 is 0 Å². The Balaban J connectivity index is 2.34. The molecule has 66 valence electrons. The maximum atomic E-state index is 11.6. The summed E-state index contributed by atoms with van der Waals surface area (Å²) in [5.41, 5.74) is 1.53. The Kier molecular flexibility index (Phi) is 2.19. The van der Waals surface area contributed by atoms with Crippen molar-refractivity contribution in [2.45, 2.75) is 12.2 Å². The van der Waals surface area contributed by atoms with Crippen molar-refractivity contribution in [1.82, 2.24) is 0 Å². The van der Waals surface area contributed by atoms with Gasteiger partial charge in [0.15, 0.2) is 5.78 Å². The van der Waals surface area contributed by atoms with E-state index in [1.54, 1.807) is 0 Å². The van der Waals surface area contributed by atoms with Gasteiger partial charge >= 0.3 is 0 Å². The summed E-state index contributed by atoms with van der Waals surface area (Å²) in [6.45, 7) is 1.88. The fourth-order valence-electron chi connectivity index (χ4n) is 1.21. The minimum absolute atomic E-state index is 0.0183. The van der Waals surface area contributed by atoms with E-state index in [2.05, 4.69) is 4.40 Å². The first-order valence-corrected chi connectivity index (χ1v) is 4.96. The summed E-state index contributed by atoms with van der Waals surface area (Å²) in [6.07, 6.45) is 0. The highest BCUT2D eigenvalue weighted by molar-refractivity contribution is 8.00. The van der Waals surface area contributed by atoms with Crippen molar-refractivity contribution in [3.63, 3.8) is 0 Å². The Morgan fingerprint density at radius 3 is 2.54 bits per heavy atom. The Labute approximate surface area is 81.2 Å². The highest BCUT2D eigenvalue weighted by atomic mass is 32.2. The first kappa shape index (κ1) is 8.51. The molecule has 0 fully saturated rings. The molecule has 0 amide bonds. The normalized spacial score (nSPS) is 21.8. The van der Waals surface area contributed by atoms with E-state index in [1.807, 2.05) is 37.3 Å². The smallest absolute Gasteiger partial charge is 0.196 e. The van der Waals surface area contributed by atoms with Crippen LogP contribution in [0.4, 0.5) is 0 Å². The van der Waals surface area contributed by atoms with Crippen LogP contribution >= 0.6 is 11.9 Å². The molecule has 1 aliphatic rings. The molecule has 1 heterocycles. The summed E-state index contributed by atoms with van der Waals surface area (Å²) in [7, 11) is 0. The van der Waals surface area contributed by atoms with E-state index in [1.165, 1.54) is 11.9 Å². The van der Waals surface area contributed by atoms with Gasteiger partial charge < -0.3 is 0 Å². The van der Waals surface area contributed by atoms with E-state index in [9.17, 15) is 4.79 Å². The molecule has 3 heteroatoms. The third-order valence-corrected chi connectivity index (χ3v) is 2.77.